The standard InChI is InChI=1S/C38H37ClN8O7S2/c1-20-21(2)55-36-32(20)33(24-6-8-25(39)9-7-24)41-27(34-44-43-22(3)46(34)36)16-30(49)40-15-14-23-4-10-26(11-5-23)56(53,54)45-18-38(19-45)17-31(50)47(37(38)52)28-12-13-29(48)42-35(28)51/h4-11,27-28H,12-19H2,1-3H3,(H,40,49)(H,42,48,51)/t27-,28?/m0/s1. The molecular weight excluding hydrogens is 780 g/mol. The van der Waals surface area contributed by atoms with Crippen molar-refractivity contribution >= 4 is 68.2 Å². The highest BCUT2D eigenvalue weighted by molar-refractivity contribution is 7.89. The molecule has 4 aromatic rings. The lowest BCUT2D eigenvalue weighted by atomic mass is 9.80. The molecule has 3 saturated heterocycles. The number of nitrogens with zero attached hydrogens (tertiary/aromatic N) is 6. The summed E-state index contributed by atoms with van der Waals surface area (Å²) in [5.41, 5.74) is 3.25. The summed E-state index contributed by atoms with van der Waals surface area (Å²) in [5, 5.41) is 15.5. The van der Waals surface area contributed by atoms with Crippen molar-refractivity contribution in [3.8, 4) is 5.00 Å². The number of imide groups is 2. The maximum atomic E-state index is 13.5. The topological polar surface area (TPSA) is 193 Å². The average molecular weight is 817 g/mol. The highest BCUT2D eigenvalue weighted by atomic mass is 35.5. The predicted octanol–water partition coefficient (Wildman–Crippen LogP) is 3.10. The van der Waals surface area contributed by atoms with E-state index in [1.807, 2.05) is 35.8 Å². The van der Waals surface area contributed by atoms with Crippen molar-refractivity contribution in [3.05, 3.63) is 92.3 Å². The van der Waals surface area contributed by atoms with Crippen molar-refractivity contribution in [3.63, 3.8) is 0 Å². The Morgan fingerprint density at radius 2 is 1.73 bits per heavy atom. The molecule has 4 aliphatic rings. The summed E-state index contributed by atoms with van der Waals surface area (Å²) < 4.78 is 30.1. The van der Waals surface area contributed by atoms with Crippen molar-refractivity contribution in [2.24, 2.45) is 10.4 Å². The second-order valence-electron chi connectivity index (χ2n) is 14.6. The highest BCUT2D eigenvalue weighted by Gasteiger charge is 2.62. The number of aromatic nitrogens is 3. The van der Waals surface area contributed by atoms with Crippen LogP contribution in [0.5, 0.6) is 0 Å². The summed E-state index contributed by atoms with van der Waals surface area (Å²) in [7, 11) is -3.98. The molecule has 2 atom stereocenters. The average Bonchev–Trinajstić information content (AvgIpc) is 3.72. The molecule has 6 heterocycles. The number of hydrogen-bond acceptors (Lipinski definition) is 11. The predicted molar refractivity (Wildman–Crippen MR) is 205 cm³/mol. The van der Waals surface area contributed by atoms with Crippen molar-refractivity contribution in [2.45, 2.75) is 69.9 Å². The summed E-state index contributed by atoms with van der Waals surface area (Å²) in [6.45, 7) is 5.92. The van der Waals surface area contributed by atoms with E-state index in [2.05, 4.69) is 34.7 Å². The molecule has 0 bridgehead atoms. The van der Waals surface area contributed by atoms with Crippen LogP contribution in [0.25, 0.3) is 5.00 Å². The van der Waals surface area contributed by atoms with Crippen molar-refractivity contribution in [1.82, 2.24) is 34.6 Å². The quantitative estimate of drug-likeness (QED) is 0.239. The molecule has 5 amide bonds. The third-order valence-corrected chi connectivity index (χ3v) is 14.2. The summed E-state index contributed by atoms with van der Waals surface area (Å²) >= 11 is 7.85. The van der Waals surface area contributed by atoms with Gasteiger partial charge in [-0.1, -0.05) is 35.9 Å². The van der Waals surface area contributed by atoms with E-state index in [1.54, 1.807) is 23.5 Å². The van der Waals surface area contributed by atoms with Gasteiger partial charge in [-0.05, 0) is 69.0 Å². The van der Waals surface area contributed by atoms with Crippen molar-refractivity contribution < 1.29 is 32.4 Å². The summed E-state index contributed by atoms with van der Waals surface area (Å²) in [5.74, 6) is -1.28. The third kappa shape index (κ3) is 6.45. The number of benzene rings is 2. The number of piperidine rings is 1. The Morgan fingerprint density at radius 1 is 1.02 bits per heavy atom. The number of hydrogen-bond donors (Lipinski definition) is 2. The maximum absolute atomic E-state index is 13.5. The van der Waals surface area contributed by atoms with Crippen molar-refractivity contribution in [2.75, 3.05) is 19.6 Å². The first-order chi connectivity index (χ1) is 26.7. The largest absolute Gasteiger partial charge is 0.356 e. The van der Waals surface area contributed by atoms with E-state index < -0.39 is 51.2 Å². The number of aryl methyl sites for hydroxylation is 2. The van der Waals surface area contributed by atoms with Crippen LogP contribution in [0.1, 0.15) is 70.5 Å². The Bertz CT molecular complexity index is 2470. The van der Waals surface area contributed by atoms with Crippen LogP contribution in [0.3, 0.4) is 0 Å². The van der Waals surface area contributed by atoms with Gasteiger partial charge in [-0.3, -0.25) is 43.7 Å². The van der Waals surface area contributed by atoms with E-state index in [0.29, 0.717) is 23.1 Å². The number of nitrogens with one attached hydrogen (secondary N) is 2. The van der Waals surface area contributed by atoms with Gasteiger partial charge in [-0.2, -0.15) is 4.31 Å². The molecule has 290 valence electrons. The van der Waals surface area contributed by atoms with Gasteiger partial charge in [0.15, 0.2) is 5.82 Å². The number of aliphatic imine (C=N–C) groups is 1. The van der Waals surface area contributed by atoms with E-state index >= 15 is 0 Å². The number of fused-ring (bicyclic) bond motifs is 3. The van der Waals surface area contributed by atoms with Crippen LogP contribution in [0.4, 0.5) is 0 Å². The summed E-state index contributed by atoms with van der Waals surface area (Å²) in [4.78, 5) is 70.7. The van der Waals surface area contributed by atoms with Crippen LogP contribution in [0.2, 0.25) is 5.02 Å². The van der Waals surface area contributed by atoms with Crippen LogP contribution in [-0.4, -0.2) is 93.3 Å². The lowest BCUT2D eigenvalue weighted by Crippen LogP contribution is -2.63. The number of carbonyl (C=O) groups excluding carboxylic acids is 5. The molecule has 2 aromatic heterocycles. The molecule has 0 radical (unpaired) electrons. The van der Waals surface area contributed by atoms with E-state index in [0.717, 1.165) is 47.0 Å². The van der Waals surface area contributed by atoms with Gasteiger partial charge in [0.25, 0.3) is 0 Å². The van der Waals surface area contributed by atoms with Gasteiger partial charge in [0.1, 0.15) is 22.9 Å². The first-order valence-corrected chi connectivity index (χ1v) is 20.7. The number of thiophene rings is 1. The van der Waals surface area contributed by atoms with Crippen LogP contribution in [0.15, 0.2) is 58.4 Å². The molecule has 2 aromatic carbocycles. The van der Waals surface area contributed by atoms with E-state index in [9.17, 15) is 32.4 Å². The Morgan fingerprint density at radius 3 is 2.43 bits per heavy atom. The van der Waals surface area contributed by atoms with Crippen LogP contribution < -0.4 is 10.6 Å². The van der Waals surface area contributed by atoms with Crippen LogP contribution >= 0.6 is 22.9 Å². The number of sulfonamides is 1. The SMILES string of the molecule is Cc1sc2c(c1C)C(c1ccc(Cl)cc1)=N[C@@H](CC(=O)NCCc1ccc(S(=O)(=O)N3CC4(CC(=O)N(C5CCC(=O)NC5=O)C4=O)C3)cc1)c1nnc(C)n1-2. The molecule has 0 aliphatic carbocycles. The van der Waals surface area contributed by atoms with Gasteiger partial charge in [-0.25, -0.2) is 8.42 Å². The van der Waals surface area contributed by atoms with E-state index in [-0.39, 0.29) is 56.1 Å². The fourth-order valence-electron chi connectivity index (χ4n) is 7.81. The van der Waals surface area contributed by atoms with Crippen molar-refractivity contribution in [1.29, 1.82) is 0 Å². The normalized spacial score (nSPS) is 20.6. The molecule has 15 nitrogen and oxygen atoms in total. The lowest BCUT2D eigenvalue weighted by Gasteiger charge is -2.44. The Balaban J connectivity index is 0.904. The molecule has 1 unspecified atom stereocenters. The number of likely N-dealkylation sites (tertiary alicyclic amines) is 1. The Kier molecular flexibility index (Phi) is 9.54. The smallest absolute Gasteiger partial charge is 0.249 e. The Hall–Kier alpha value is -5.10. The molecule has 8 rings (SSSR count). The zero-order valence-electron chi connectivity index (χ0n) is 30.7. The number of rotatable bonds is 9. The molecule has 56 heavy (non-hydrogen) atoms. The summed E-state index contributed by atoms with van der Waals surface area (Å²) in [6, 6.07) is 12.1. The van der Waals surface area contributed by atoms with E-state index in [4.69, 9.17) is 16.6 Å². The molecule has 18 heteroatoms. The minimum absolute atomic E-state index is 0.00639. The lowest BCUT2D eigenvalue weighted by molar-refractivity contribution is -0.154. The fraction of sp³-hybridized carbons (Fsp3) is 0.368. The maximum Gasteiger partial charge on any atom is 0.249 e. The number of carbonyl (C=O) groups is 5. The monoisotopic (exact) mass is 816 g/mol. The Labute approximate surface area is 331 Å². The third-order valence-electron chi connectivity index (χ3n) is 10.9. The minimum atomic E-state index is -3.98. The second kappa shape index (κ2) is 14.1. The molecular formula is C38H37ClN8O7S2. The molecule has 3 fully saturated rings. The number of halogens is 1. The zero-order valence-corrected chi connectivity index (χ0v) is 33.1. The van der Waals surface area contributed by atoms with E-state index in [1.165, 1.54) is 12.1 Å². The zero-order chi connectivity index (χ0) is 39.7. The first-order valence-electron chi connectivity index (χ1n) is 18.1. The van der Waals surface area contributed by atoms with Gasteiger partial charge in [0, 0.05) is 53.5 Å². The molecule has 0 saturated carbocycles. The van der Waals surface area contributed by atoms with Gasteiger partial charge >= 0.3 is 0 Å². The van der Waals surface area contributed by atoms with Gasteiger partial charge in [0.2, 0.25) is 39.6 Å². The number of amides is 5. The molecule has 4 aliphatic heterocycles. The summed E-state index contributed by atoms with van der Waals surface area (Å²) in [6.07, 6.45) is 0.297. The molecule has 1 spiro atoms. The first kappa shape index (κ1) is 37.8. The van der Waals surface area contributed by atoms with Gasteiger partial charge < -0.3 is 5.32 Å². The fourth-order valence-corrected chi connectivity index (χ4v) is 10.8. The minimum Gasteiger partial charge on any atom is -0.356 e. The van der Waals surface area contributed by atoms with Crippen LogP contribution in [0, 0.1) is 26.2 Å². The molecule has 2 N–H and O–H groups in total. The second-order valence-corrected chi connectivity index (χ2v) is 18.2. The van der Waals surface area contributed by atoms with Gasteiger partial charge in [-0.15, -0.1) is 21.5 Å². The van der Waals surface area contributed by atoms with Crippen LogP contribution in [-0.2, 0) is 40.4 Å². The van der Waals surface area contributed by atoms with Gasteiger partial charge in [0.05, 0.1) is 22.4 Å². The highest BCUT2D eigenvalue weighted by Crippen LogP contribution is 2.45.